The number of anilines is 1. The van der Waals surface area contributed by atoms with Crippen molar-refractivity contribution in [2.75, 3.05) is 24.2 Å². The van der Waals surface area contributed by atoms with Crippen LogP contribution in [0.15, 0.2) is 36.4 Å². The molecule has 1 aromatic carbocycles. The first kappa shape index (κ1) is 21.1. The monoisotopic (exact) mass is 389 g/mol. The maximum atomic E-state index is 11.9. The summed E-state index contributed by atoms with van der Waals surface area (Å²) in [7, 11) is 1.20. The third-order valence-electron chi connectivity index (χ3n) is 3.12. The molecule has 1 atom stereocenters. The van der Waals surface area contributed by atoms with Crippen LogP contribution < -0.4 is 10.1 Å². The van der Waals surface area contributed by atoms with Crippen LogP contribution in [0.4, 0.5) is 10.5 Å². The first-order valence-electron chi connectivity index (χ1n) is 7.36. The summed E-state index contributed by atoms with van der Waals surface area (Å²) in [5.74, 6) is 0.321. The Balaban J connectivity index is 2.70. The second-order valence-electron chi connectivity index (χ2n) is 5.62. The predicted molar refractivity (Wildman–Crippen MR) is 97.6 cm³/mol. The Bertz CT molecular complexity index is 614. The number of esters is 1. The van der Waals surface area contributed by atoms with Gasteiger partial charge in [-0.1, -0.05) is 6.58 Å². The van der Waals surface area contributed by atoms with E-state index in [0.29, 0.717) is 17.0 Å². The highest BCUT2D eigenvalue weighted by Crippen LogP contribution is 2.23. The molecule has 0 bridgehead atoms. The van der Waals surface area contributed by atoms with Crippen molar-refractivity contribution in [3.8, 4) is 5.75 Å². The number of amides is 1. The summed E-state index contributed by atoms with van der Waals surface area (Å²) in [6.45, 7) is 6.96. The number of ether oxygens (including phenoxy) is 3. The molecule has 8 heteroatoms. The molecule has 1 unspecified atom stereocenters. The van der Waals surface area contributed by atoms with Crippen molar-refractivity contribution in [1.82, 2.24) is 0 Å². The lowest BCUT2D eigenvalue weighted by Gasteiger charge is -2.26. The number of halogens is 2. The highest BCUT2D eigenvalue weighted by molar-refractivity contribution is 6.21. The van der Waals surface area contributed by atoms with Crippen LogP contribution in [0.2, 0.25) is 0 Å². The summed E-state index contributed by atoms with van der Waals surface area (Å²) < 4.78 is 15.3. The summed E-state index contributed by atoms with van der Waals surface area (Å²) in [5, 5.41) is 2.51. The summed E-state index contributed by atoms with van der Waals surface area (Å²) in [4.78, 5) is 23.5. The number of methoxy groups -OCH3 is 1. The van der Waals surface area contributed by atoms with Crippen molar-refractivity contribution in [2.45, 2.75) is 25.6 Å². The fourth-order valence-corrected chi connectivity index (χ4v) is 2.09. The molecule has 6 nitrogen and oxygen atoms in total. The van der Waals surface area contributed by atoms with Gasteiger partial charge in [-0.25, -0.2) is 9.59 Å². The summed E-state index contributed by atoms with van der Waals surface area (Å²) >= 11 is 11.7. The van der Waals surface area contributed by atoms with Crippen LogP contribution in [0.5, 0.6) is 5.75 Å². The molecular weight excluding hydrogens is 369 g/mol. The fourth-order valence-electron chi connectivity index (χ4n) is 1.69. The molecule has 0 saturated heterocycles. The molecule has 0 radical (unpaired) electrons. The summed E-state index contributed by atoms with van der Waals surface area (Å²) in [5.41, 5.74) is 0.125. The number of nitrogens with one attached hydrogen (secondary N) is 1. The molecule has 1 N–H and O–H groups in total. The highest BCUT2D eigenvalue weighted by atomic mass is 35.5. The van der Waals surface area contributed by atoms with Crippen molar-refractivity contribution < 1.29 is 23.8 Å². The van der Waals surface area contributed by atoms with Crippen LogP contribution in [-0.4, -0.2) is 42.6 Å². The minimum absolute atomic E-state index is 0.235. The zero-order valence-electron chi connectivity index (χ0n) is 14.3. The van der Waals surface area contributed by atoms with Gasteiger partial charge in [0.15, 0.2) is 0 Å². The molecule has 0 fully saturated rings. The van der Waals surface area contributed by atoms with Crippen molar-refractivity contribution in [1.29, 1.82) is 0 Å². The van der Waals surface area contributed by atoms with Gasteiger partial charge in [-0.3, -0.25) is 5.32 Å². The molecule has 0 aliphatic rings. The molecule has 1 aromatic rings. The van der Waals surface area contributed by atoms with Gasteiger partial charge >= 0.3 is 12.1 Å². The topological polar surface area (TPSA) is 73.9 Å². The maximum Gasteiger partial charge on any atom is 0.412 e. The fraction of sp³-hybridized carbons (Fsp3) is 0.412. The van der Waals surface area contributed by atoms with E-state index in [1.807, 2.05) is 0 Å². The Kier molecular flexibility index (Phi) is 8.06. The van der Waals surface area contributed by atoms with Crippen LogP contribution >= 0.6 is 23.2 Å². The van der Waals surface area contributed by atoms with E-state index in [1.54, 1.807) is 38.1 Å². The lowest BCUT2D eigenvalue weighted by atomic mass is 10.2. The maximum absolute atomic E-state index is 11.9. The lowest BCUT2D eigenvalue weighted by molar-refractivity contribution is -0.148. The zero-order valence-corrected chi connectivity index (χ0v) is 15.8. The molecule has 0 saturated carbocycles. The highest BCUT2D eigenvalue weighted by Gasteiger charge is 2.25. The Labute approximate surface area is 157 Å². The van der Waals surface area contributed by atoms with Gasteiger partial charge in [-0.05, 0) is 43.7 Å². The molecule has 1 rings (SSSR count). The average Bonchev–Trinajstić information content (AvgIpc) is 2.60. The SMILES string of the molecule is C=C(C)C(OC(=O)Nc1ccc(OC(C)(CCl)CCl)cc1)C(=O)OC. The van der Waals surface area contributed by atoms with E-state index < -0.39 is 23.8 Å². The molecule has 138 valence electrons. The number of carbonyl (C=O) groups is 2. The van der Waals surface area contributed by atoms with Crippen LogP contribution in [-0.2, 0) is 14.3 Å². The van der Waals surface area contributed by atoms with E-state index in [9.17, 15) is 9.59 Å². The van der Waals surface area contributed by atoms with Crippen molar-refractivity contribution >= 4 is 41.0 Å². The Hall–Kier alpha value is -1.92. The van der Waals surface area contributed by atoms with Gasteiger partial charge < -0.3 is 14.2 Å². The van der Waals surface area contributed by atoms with Gasteiger partial charge in [-0.15, -0.1) is 23.2 Å². The molecule has 25 heavy (non-hydrogen) atoms. The first-order valence-corrected chi connectivity index (χ1v) is 8.43. The number of hydrogen-bond donors (Lipinski definition) is 1. The number of alkyl halides is 2. The van der Waals surface area contributed by atoms with Gasteiger partial charge in [-0.2, -0.15) is 0 Å². The normalized spacial score (nSPS) is 12.0. The molecule has 0 aromatic heterocycles. The first-order chi connectivity index (χ1) is 11.7. The van der Waals surface area contributed by atoms with Gasteiger partial charge in [0, 0.05) is 5.69 Å². The molecule has 0 aliphatic heterocycles. The third kappa shape index (κ3) is 6.48. The smallest absolute Gasteiger partial charge is 0.412 e. The predicted octanol–water partition coefficient (Wildman–Crippen LogP) is 3.97. The average molecular weight is 390 g/mol. The van der Waals surface area contributed by atoms with Crippen molar-refractivity contribution in [3.63, 3.8) is 0 Å². The van der Waals surface area contributed by atoms with Crippen molar-refractivity contribution in [3.05, 3.63) is 36.4 Å². The summed E-state index contributed by atoms with van der Waals surface area (Å²) in [6.07, 6.45) is -1.97. The van der Waals surface area contributed by atoms with Crippen LogP contribution in [0.25, 0.3) is 0 Å². The third-order valence-corrected chi connectivity index (χ3v) is 4.25. The van der Waals surface area contributed by atoms with Crippen LogP contribution in [0.1, 0.15) is 13.8 Å². The van der Waals surface area contributed by atoms with Crippen LogP contribution in [0, 0.1) is 0 Å². The van der Waals surface area contributed by atoms with E-state index in [1.165, 1.54) is 7.11 Å². The lowest BCUT2D eigenvalue weighted by Crippen LogP contribution is -2.36. The number of carbonyl (C=O) groups excluding carboxylic acids is 2. The minimum Gasteiger partial charge on any atom is -0.485 e. The minimum atomic E-state index is -1.17. The van der Waals surface area contributed by atoms with Crippen LogP contribution in [0.3, 0.4) is 0 Å². The number of hydrogen-bond acceptors (Lipinski definition) is 5. The van der Waals surface area contributed by atoms with E-state index in [2.05, 4.69) is 16.6 Å². The quantitative estimate of drug-likeness (QED) is 0.413. The van der Waals surface area contributed by atoms with E-state index in [-0.39, 0.29) is 11.8 Å². The number of rotatable bonds is 8. The van der Waals surface area contributed by atoms with E-state index >= 15 is 0 Å². The van der Waals surface area contributed by atoms with Gasteiger partial charge in [0.1, 0.15) is 11.4 Å². The zero-order chi connectivity index (χ0) is 19.0. The second-order valence-corrected chi connectivity index (χ2v) is 6.16. The standard InChI is InChI=1S/C17H21Cl2NO5/c1-11(2)14(15(21)23-4)24-16(22)20-12-5-7-13(8-6-12)25-17(3,9-18)10-19/h5-8,14H,1,9-10H2,2-4H3,(H,20,22). The molecule has 0 heterocycles. The van der Waals surface area contributed by atoms with Gasteiger partial charge in [0.25, 0.3) is 0 Å². The Morgan fingerprint density at radius 2 is 1.80 bits per heavy atom. The van der Waals surface area contributed by atoms with Gasteiger partial charge in [0.2, 0.25) is 6.10 Å². The molecule has 0 aliphatic carbocycles. The molecular formula is C17H21Cl2NO5. The summed E-state index contributed by atoms with van der Waals surface area (Å²) in [6, 6.07) is 6.55. The Morgan fingerprint density at radius 1 is 1.24 bits per heavy atom. The number of benzene rings is 1. The molecule has 0 spiro atoms. The Morgan fingerprint density at radius 3 is 2.24 bits per heavy atom. The van der Waals surface area contributed by atoms with Gasteiger partial charge in [0.05, 0.1) is 18.9 Å². The second kappa shape index (κ2) is 9.53. The van der Waals surface area contributed by atoms with Crippen molar-refractivity contribution in [2.24, 2.45) is 0 Å². The largest absolute Gasteiger partial charge is 0.485 e. The van der Waals surface area contributed by atoms with E-state index in [0.717, 1.165) is 0 Å². The molecule has 1 amide bonds. The van der Waals surface area contributed by atoms with E-state index in [4.69, 9.17) is 32.7 Å².